The van der Waals surface area contributed by atoms with Crippen LogP contribution in [0.3, 0.4) is 0 Å². The smallest absolute Gasteiger partial charge is 0.259 e. The van der Waals surface area contributed by atoms with Gasteiger partial charge in [-0.1, -0.05) is 12.1 Å². The molecule has 4 heteroatoms. The zero-order valence-corrected chi connectivity index (χ0v) is 9.97. The van der Waals surface area contributed by atoms with E-state index in [9.17, 15) is 9.18 Å². The Kier molecular flexibility index (Phi) is 3.54. The Morgan fingerprint density at radius 1 is 1.18 bits per heavy atom. The summed E-state index contributed by atoms with van der Waals surface area (Å²) in [6, 6.07) is 8.31. The number of amides is 1. The van der Waals surface area contributed by atoms with Crippen molar-refractivity contribution in [1.82, 2.24) is 0 Å². The molecule has 0 spiro atoms. The third-order valence-electron chi connectivity index (χ3n) is 2.57. The van der Waals surface area contributed by atoms with Crippen molar-refractivity contribution in [2.45, 2.75) is 12.8 Å². The molecule has 0 radical (unpaired) electrons. The van der Waals surface area contributed by atoms with Crippen molar-refractivity contribution in [3.8, 4) is 0 Å². The molecule has 0 saturated heterocycles. The Morgan fingerprint density at radius 3 is 2.53 bits per heavy atom. The molecule has 0 fully saturated rings. The van der Waals surface area contributed by atoms with Crippen LogP contribution in [-0.4, -0.2) is 5.91 Å². The van der Waals surface area contributed by atoms with Crippen molar-refractivity contribution in [1.29, 1.82) is 0 Å². The molecule has 2 aromatic rings. The van der Waals surface area contributed by atoms with Gasteiger partial charge in [-0.3, -0.25) is 4.79 Å². The van der Waals surface area contributed by atoms with Gasteiger partial charge in [-0.05, 0) is 47.5 Å². The van der Waals surface area contributed by atoms with Gasteiger partial charge in [-0.2, -0.15) is 0 Å². The number of benzene rings is 1. The monoisotopic (exact) mass is 249 g/mol. The van der Waals surface area contributed by atoms with Gasteiger partial charge < -0.3 is 5.73 Å². The molecule has 88 valence electrons. The lowest BCUT2D eigenvalue weighted by atomic mass is 10.0. The van der Waals surface area contributed by atoms with Crippen molar-refractivity contribution in [3.63, 3.8) is 0 Å². The van der Waals surface area contributed by atoms with Crippen LogP contribution in [0.4, 0.5) is 4.39 Å². The highest BCUT2D eigenvalue weighted by Crippen LogP contribution is 2.18. The first kappa shape index (κ1) is 11.8. The molecule has 2 N–H and O–H groups in total. The standard InChI is InChI=1S/C13H12FNOS/c14-11-5-2-9(3-6-11)1-4-10-7-8-17-12(10)13(15)16/h2-3,5-8H,1,4H2,(H2,15,16). The van der Waals surface area contributed by atoms with E-state index >= 15 is 0 Å². The van der Waals surface area contributed by atoms with Crippen molar-refractivity contribution < 1.29 is 9.18 Å². The zero-order chi connectivity index (χ0) is 12.3. The summed E-state index contributed by atoms with van der Waals surface area (Å²) in [7, 11) is 0. The van der Waals surface area contributed by atoms with Gasteiger partial charge in [0.15, 0.2) is 0 Å². The minimum absolute atomic E-state index is 0.234. The van der Waals surface area contributed by atoms with Gasteiger partial charge in [0.1, 0.15) is 5.82 Å². The van der Waals surface area contributed by atoms with E-state index < -0.39 is 0 Å². The Hall–Kier alpha value is -1.68. The second-order valence-electron chi connectivity index (χ2n) is 3.77. The summed E-state index contributed by atoms with van der Waals surface area (Å²) in [6.45, 7) is 0. The predicted molar refractivity (Wildman–Crippen MR) is 66.6 cm³/mol. The van der Waals surface area contributed by atoms with Crippen molar-refractivity contribution in [3.05, 3.63) is 57.5 Å². The summed E-state index contributed by atoms with van der Waals surface area (Å²) >= 11 is 1.36. The predicted octanol–water partition coefficient (Wildman–Crippen LogP) is 2.77. The second kappa shape index (κ2) is 5.10. The van der Waals surface area contributed by atoms with Gasteiger partial charge in [0.2, 0.25) is 0 Å². The molecular formula is C13H12FNOS. The first-order valence-electron chi connectivity index (χ1n) is 5.27. The largest absolute Gasteiger partial charge is 0.365 e. The molecule has 0 aliphatic carbocycles. The number of hydrogen-bond acceptors (Lipinski definition) is 2. The number of thiophene rings is 1. The maximum Gasteiger partial charge on any atom is 0.259 e. The molecule has 0 atom stereocenters. The highest BCUT2D eigenvalue weighted by Gasteiger charge is 2.09. The molecule has 17 heavy (non-hydrogen) atoms. The molecule has 1 heterocycles. The third-order valence-corrected chi connectivity index (χ3v) is 3.54. The molecular weight excluding hydrogens is 237 g/mol. The van der Waals surface area contributed by atoms with Crippen molar-refractivity contribution >= 4 is 17.2 Å². The summed E-state index contributed by atoms with van der Waals surface area (Å²) < 4.78 is 12.7. The molecule has 0 aliphatic heterocycles. The van der Waals surface area contributed by atoms with E-state index in [0.717, 1.165) is 24.0 Å². The molecule has 2 rings (SSSR count). The summed E-state index contributed by atoms with van der Waals surface area (Å²) in [5.74, 6) is -0.615. The van der Waals surface area contributed by atoms with E-state index in [4.69, 9.17) is 5.73 Å². The number of carbonyl (C=O) groups excluding carboxylic acids is 1. The maximum atomic E-state index is 12.7. The highest BCUT2D eigenvalue weighted by atomic mass is 32.1. The topological polar surface area (TPSA) is 43.1 Å². The Labute approximate surface area is 103 Å². The van der Waals surface area contributed by atoms with Crippen LogP contribution in [0.1, 0.15) is 20.8 Å². The number of carbonyl (C=O) groups is 1. The van der Waals surface area contributed by atoms with Crippen molar-refractivity contribution in [2.24, 2.45) is 5.73 Å². The van der Waals surface area contributed by atoms with E-state index in [1.165, 1.54) is 23.5 Å². The quantitative estimate of drug-likeness (QED) is 0.889. The Morgan fingerprint density at radius 2 is 1.88 bits per heavy atom. The Balaban J connectivity index is 2.05. The first-order chi connectivity index (χ1) is 8.16. The lowest BCUT2D eigenvalue weighted by Gasteiger charge is -2.02. The van der Waals surface area contributed by atoms with Gasteiger partial charge in [0, 0.05) is 0 Å². The van der Waals surface area contributed by atoms with Gasteiger partial charge in [0.25, 0.3) is 5.91 Å². The fourth-order valence-electron chi connectivity index (χ4n) is 1.68. The van der Waals surface area contributed by atoms with E-state index in [1.807, 2.05) is 11.4 Å². The molecule has 0 aliphatic rings. The van der Waals surface area contributed by atoms with Crippen LogP contribution in [0.25, 0.3) is 0 Å². The fourth-order valence-corrected chi connectivity index (χ4v) is 2.48. The summed E-state index contributed by atoms with van der Waals surface area (Å²) in [5.41, 5.74) is 7.28. The lowest BCUT2D eigenvalue weighted by Crippen LogP contribution is -2.11. The SMILES string of the molecule is NC(=O)c1sccc1CCc1ccc(F)cc1. The molecule has 0 saturated carbocycles. The summed E-state index contributed by atoms with van der Waals surface area (Å²) in [4.78, 5) is 11.7. The van der Waals surface area contributed by atoms with E-state index in [-0.39, 0.29) is 11.7 Å². The number of halogens is 1. The average Bonchev–Trinajstić information content (AvgIpc) is 2.76. The average molecular weight is 249 g/mol. The van der Waals surface area contributed by atoms with Crippen LogP contribution in [0.5, 0.6) is 0 Å². The fraction of sp³-hybridized carbons (Fsp3) is 0.154. The van der Waals surface area contributed by atoms with Crippen LogP contribution >= 0.6 is 11.3 Å². The zero-order valence-electron chi connectivity index (χ0n) is 9.15. The number of rotatable bonds is 4. The van der Waals surface area contributed by atoms with Crippen molar-refractivity contribution in [2.75, 3.05) is 0 Å². The molecule has 0 bridgehead atoms. The summed E-state index contributed by atoms with van der Waals surface area (Å²) in [6.07, 6.45) is 1.52. The molecule has 0 unspecified atom stereocenters. The van der Waals surface area contributed by atoms with Gasteiger partial charge in [-0.25, -0.2) is 4.39 Å². The lowest BCUT2D eigenvalue weighted by molar-refractivity contribution is 0.100. The van der Waals surface area contributed by atoms with Crippen LogP contribution < -0.4 is 5.73 Å². The third kappa shape index (κ3) is 2.91. The van der Waals surface area contributed by atoms with Gasteiger partial charge >= 0.3 is 0 Å². The first-order valence-corrected chi connectivity index (χ1v) is 6.15. The van der Waals surface area contributed by atoms with Gasteiger partial charge in [0.05, 0.1) is 4.88 Å². The van der Waals surface area contributed by atoms with Crippen LogP contribution in [-0.2, 0) is 12.8 Å². The number of primary amides is 1. The molecule has 1 aromatic carbocycles. The number of nitrogens with two attached hydrogens (primary N) is 1. The normalized spacial score (nSPS) is 10.4. The van der Waals surface area contributed by atoms with E-state index in [2.05, 4.69) is 0 Å². The summed E-state index contributed by atoms with van der Waals surface area (Å²) in [5, 5.41) is 1.86. The van der Waals surface area contributed by atoms with Crippen LogP contribution in [0, 0.1) is 5.82 Å². The van der Waals surface area contributed by atoms with E-state index in [1.54, 1.807) is 12.1 Å². The number of hydrogen-bond donors (Lipinski definition) is 1. The maximum absolute atomic E-state index is 12.7. The molecule has 1 amide bonds. The van der Waals surface area contributed by atoms with Gasteiger partial charge in [-0.15, -0.1) is 11.3 Å². The molecule has 1 aromatic heterocycles. The number of aryl methyl sites for hydroxylation is 2. The van der Waals surface area contributed by atoms with E-state index in [0.29, 0.717) is 4.88 Å². The Bertz CT molecular complexity index is 518. The minimum atomic E-state index is -0.380. The minimum Gasteiger partial charge on any atom is -0.365 e. The second-order valence-corrected chi connectivity index (χ2v) is 4.68. The van der Waals surface area contributed by atoms with Crippen LogP contribution in [0.2, 0.25) is 0 Å². The van der Waals surface area contributed by atoms with Crippen LogP contribution in [0.15, 0.2) is 35.7 Å². The molecule has 2 nitrogen and oxygen atoms in total. The highest BCUT2D eigenvalue weighted by molar-refractivity contribution is 7.12.